The molecule has 0 radical (unpaired) electrons. The minimum atomic E-state index is -0.931. The van der Waals surface area contributed by atoms with Crippen LogP contribution in [0.5, 0.6) is 0 Å². The van der Waals surface area contributed by atoms with E-state index in [9.17, 15) is 9.59 Å². The SMILES string of the molecule is CN=C(Nc1c(Cl)cccc1Cl)N(C(=O)N(C(=O)NC(C)(C)C)C(C)(C)C)c1c(Cl)cccc1Cl. The summed E-state index contributed by atoms with van der Waals surface area (Å²) in [4.78, 5) is 34.0. The molecule has 2 N–H and O–H groups in total. The van der Waals surface area contributed by atoms with Gasteiger partial charge >= 0.3 is 12.1 Å². The number of hydrogen-bond donors (Lipinski definition) is 2. The Morgan fingerprint density at radius 2 is 1.29 bits per heavy atom. The highest BCUT2D eigenvalue weighted by molar-refractivity contribution is 6.43. The molecule has 0 atom stereocenters. The lowest BCUT2D eigenvalue weighted by Gasteiger charge is -2.39. The van der Waals surface area contributed by atoms with E-state index < -0.39 is 23.1 Å². The maximum absolute atomic E-state index is 14.2. The summed E-state index contributed by atoms with van der Waals surface area (Å²) in [6, 6.07) is 8.41. The van der Waals surface area contributed by atoms with Gasteiger partial charge in [0.2, 0.25) is 5.96 Å². The Hall–Kier alpha value is -2.19. The first kappa shape index (κ1) is 29.0. The molecule has 0 saturated heterocycles. The molecule has 4 amide bonds. The number of imide groups is 1. The van der Waals surface area contributed by atoms with E-state index >= 15 is 0 Å². The third-order valence-electron chi connectivity index (χ3n) is 4.52. The van der Waals surface area contributed by atoms with Gasteiger partial charge in [0.05, 0.1) is 31.5 Å². The van der Waals surface area contributed by atoms with Crippen molar-refractivity contribution >= 4 is 75.8 Å². The predicted octanol–water partition coefficient (Wildman–Crippen LogP) is 7.93. The summed E-state index contributed by atoms with van der Waals surface area (Å²) < 4.78 is 0. The van der Waals surface area contributed by atoms with Crippen LogP contribution in [0.4, 0.5) is 21.0 Å². The van der Waals surface area contributed by atoms with E-state index in [1.165, 1.54) is 7.05 Å². The van der Waals surface area contributed by atoms with Gasteiger partial charge in [0, 0.05) is 18.1 Å². The number of carbonyl (C=O) groups excluding carboxylic acids is 2. The number of nitrogens with one attached hydrogen (secondary N) is 2. The first-order valence-corrected chi connectivity index (χ1v) is 12.2. The molecule has 35 heavy (non-hydrogen) atoms. The number of guanidine groups is 1. The van der Waals surface area contributed by atoms with E-state index in [4.69, 9.17) is 46.4 Å². The molecule has 0 aliphatic heterocycles. The molecule has 2 aromatic rings. The largest absolute Gasteiger partial charge is 0.340 e. The van der Waals surface area contributed by atoms with Crippen LogP contribution in [0.3, 0.4) is 0 Å². The van der Waals surface area contributed by atoms with E-state index in [0.29, 0.717) is 15.7 Å². The van der Waals surface area contributed by atoms with E-state index in [1.807, 2.05) is 20.8 Å². The summed E-state index contributed by atoms with van der Waals surface area (Å²) in [5.74, 6) is -0.00203. The van der Waals surface area contributed by atoms with E-state index in [2.05, 4.69) is 15.6 Å². The number of para-hydroxylation sites is 2. The average Bonchev–Trinajstić information content (AvgIpc) is 2.69. The third kappa shape index (κ3) is 7.17. The second kappa shape index (κ2) is 11.2. The second-order valence-electron chi connectivity index (χ2n) is 9.64. The second-order valence-corrected chi connectivity index (χ2v) is 11.3. The van der Waals surface area contributed by atoms with Gasteiger partial charge in [-0.2, -0.15) is 0 Å². The van der Waals surface area contributed by atoms with Crippen molar-refractivity contribution in [2.24, 2.45) is 4.99 Å². The normalized spacial score (nSPS) is 12.3. The van der Waals surface area contributed by atoms with Crippen LogP contribution in [-0.2, 0) is 0 Å². The van der Waals surface area contributed by atoms with Crippen LogP contribution in [0.2, 0.25) is 20.1 Å². The monoisotopic (exact) mass is 559 g/mol. The number of anilines is 2. The Balaban J connectivity index is 2.73. The number of benzene rings is 2. The molecular formula is C24H29Cl4N5O2. The number of rotatable bonds is 2. The van der Waals surface area contributed by atoms with Gasteiger partial charge in [0.15, 0.2) is 0 Å². The lowest BCUT2D eigenvalue weighted by molar-refractivity contribution is 0.149. The maximum Gasteiger partial charge on any atom is 0.340 e. The molecule has 11 heteroatoms. The van der Waals surface area contributed by atoms with Crippen molar-refractivity contribution in [1.82, 2.24) is 10.2 Å². The van der Waals surface area contributed by atoms with Gasteiger partial charge in [-0.25, -0.2) is 19.4 Å². The molecule has 7 nitrogen and oxygen atoms in total. The highest BCUT2D eigenvalue weighted by Crippen LogP contribution is 2.37. The number of nitrogens with zero attached hydrogens (tertiary/aromatic N) is 3. The minimum Gasteiger partial charge on any atom is -0.333 e. The molecule has 0 aromatic heterocycles. The summed E-state index contributed by atoms with van der Waals surface area (Å²) in [5, 5.41) is 6.79. The van der Waals surface area contributed by atoms with Crippen molar-refractivity contribution in [1.29, 1.82) is 0 Å². The average molecular weight is 561 g/mol. The molecule has 0 aliphatic carbocycles. The summed E-state index contributed by atoms with van der Waals surface area (Å²) in [6.45, 7) is 10.7. The molecule has 0 heterocycles. The topological polar surface area (TPSA) is 77.0 Å². The molecule has 0 unspecified atom stereocenters. The van der Waals surface area contributed by atoms with Crippen LogP contribution in [0.25, 0.3) is 0 Å². The van der Waals surface area contributed by atoms with Gasteiger partial charge in [-0.3, -0.25) is 4.99 Å². The number of urea groups is 2. The zero-order valence-corrected chi connectivity index (χ0v) is 23.7. The number of amides is 4. The van der Waals surface area contributed by atoms with Gasteiger partial charge in [-0.15, -0.1) is 0 Å². The first-order chi connectivity index (χ1) is 16.1. The van der Waals surface area contributed by atoms with Crippen LogP contribution >= 0.6 is 46.4 Å². The lowest BCUT2D eigenvalue weighted by Crippen LogP contribution is -2.61. The van der Waals surface area contributed by atoms with Gasteiger partial charge in [0.25, 0.3) is 0 Å². The van der Waals surface area contributed by atoms with E-state index in [0.717, 1.165) is 9.80 Å². The highest BCUT2D eigenvalue weighted by Gasteiger charge is 2.40. The molecule has 2 rings (SSSR count). The molecule has 2 aromatic carbocycles. The first-order valence-electron chi connectivity index (χ1n) is 10.7. The fourth-order valence-corrected chi connectivity index (χ4v) is 4.15. The van der Waals surface area contributed by atoms with E-state index in [-0.39, 0.29) is 21.7 Å². The van der Waals surface area contributed by atoms with Gasteiger partial charge in [0.1, 0.15) is 0 Å². The quantitative estimate of drug-likeness (QED) is 0.289. The number of carbonyl (C=O) groups is 2. The van der Waals surface area contributed by atoms with Gasteiger partial charge < -0.3 is 10.6 Å². The molecular weight excluding hydrogens is 532 g/mol. The standard InChI is InChI=1S/C24H29Cl4N5O2/c1-23(2,3)31-21(34)33(24(4,5)6)22(35)32(19-16(27)12-9-13-17(19)28)20(29-7)30-18-14(25)10-8-11-15(18)26/h8-13H,1-7H3,(H,29,30)(H,31,34). The Morgan fingerprint density at radius 1 is 0.829 bits per heavy atom. The van der Waals surface area contributed by atoms with Gasteiger partial charge in [-0.1, -0.05) is 58.5 Å². The van der Waals surface area contributed by atoms with Crippen molar-refractivity contribution in [3.05, 3.63) is 56.5 Å². The van der Waals surface area contributed by atoms with Crippen LogP contribution in [0.1, 0.15) is 41.5 Å². The Bertz CT molecular complexity index is 1100. The smallest absolute Gasteiger partial charge is 0.333 e. The lowest BCUT2D eigenvalue weighted by atomic mass is 10.1. The summed E-state index contributed by atoms with van der Waals surface area (Å²) in [6.07, 6.45) is 0. The molecule has 0 saturated carbocycles. The summed E-state index contributed by atoms with van der Waals surface area (Å²) in [5.41, 5.74) is -1.08. The van der Waals surface area contributed by atoms with Crippen LogP contribution < -0.4 is 15.5 Å². The number of aliphatic imine (C=N–C) groups is 1. The Labute approximate surface area is 226 Å². The zero-order valence-electron chi connectivity index (χ0n) is 20.6. The van der Waals surface area contributed by atoms with Crippen molar-refractivity contribution in [2.45, 2.75) is 52.6 Å². The van der Waals surface area contributed by atoms with Crippen molar-refractivity contribution in [3.8, 4) is 0 Å². The molecule has 190 valence electrons. The molecule has 0 aliphatic rings. The third-order valence-corrected chi connectivity index (χ3v) is 5.76. The highest BCUT2D eigenvalue weighted by atomic mass is 35.5. The zero-order chi connectivity index (χ0) is 26.7. The van der Waals surface area contributed by atoms with Crippen molar-refractivity contribution < 1.29 is 9.59 Å². The Morgan fingerprint density at radius 3 is 1.69 bits per heavy atom. The summed E-state index contributed by atoms with van der Waals surface area (Å²) in [7, 11) is 1.47. The fourth-order valence-electron chi connectivity index (χ4n) is 3.09. The maximum atomic E-state index is 14.2. The Kier molecular flexibility index (Phi) is 9.33. The fraction of sp³-hybridized carbons (Fsp3) is 0.375. The molecule has 0 fully saturated rings. The molecule has 0 spiro atoms. The van der Waals surface area contributed by atoms with Crippen LogP contribution in [-0.4, -0.2) is 41.0 Å². The predicted molar refractivity (Wildman–Crippen MR) is 148 cm³/mol. The number of halogens is 4. The molecule has 0 bridgehead atoms. The minimum absolute atomic E-state index is 0.00203. The summed E-state index contributed by atoms with van der Waals surface area (Å²) >= 11 is 25.7. The van der Waals surface area contributed by atoms with Crippen LogP contribution in [0.15, 0.2) is 41.4 Å². The van der Waals surface area contributed by atoms with Gasteiger partial charge in [-0.05, 0) is 65.8 Å². The van der Waals surface area contributed by atoms with Crippen molar-refractivity contribution in [2.75, 3.05) is 17.3 Å². The number of hydrogen-bond acceptors (Lipinski definition) is 3. The van der Waals surface area contributed by atoms with Crippen molar-refractivity contribution in [3.63, 3.8) is 0 Å². The van der Waals surface area contributed by atoms with Crippen LogP contribution in [0, 0.1) is 0 Å². The van der Waals surface area contributed by atoms with E-state index in [1.54, 1.807) is 57.2 Å².